The Labute approximate surface area is 328 Å². The minimum Gasteiger partial charge on any atom is -0.454 e. The second-order valence-corrected chi connectivity index (χ2v) is 14.2. The highest BCUT2D eigenvalue weighted by atomic mass is 16.3. The van der Waals surface area contributed by atoms with Crippen LogP contribution in [-0.4, -0.2) is 9.97 Å². The average molecular weight is 732 g/mol. The lowest BCUT2D eigenvalue weighted by atomic mass is 9.99. The predicted octanol–water partition coefficient (Wildman–Crippen LogP) is 14.4. The number of fused-ring (bicyclic) bond motifs is 6. The van der Waals surface area contributed by atoms with Crippen LogP contribution in [0.15, 0.2) is 209 Å². The van der Waals surface area contributed by atoms with Gasteiger partial charge in [-0.3, -0.25) is 4.98 Å². The van der Waals surface area contributed by atoms with Gasteiger partial charge >= 0.3 is 0 Å². The van der Waals surface area contributed by atoms with Crippen molar-refractivity contribution in [2.45, 2.75) is 0 Å². The number of pyridine rings is 2. The van der Waals surface area contributed by atoms with Crippen LogP contribution in [0.4, 0.5) is 17.1 Å². The van der Waals surface area contributed by atoms with Gasteiger partial charge in [-0.15, -0.1) is 0 Å². The Hall–Kier alpha value is -7.76. The van der Waals surface area contributed by atoms with E-state index in [9.17, 15) is 0 Å². The molecule has 0 fully saturated rings. The van der Waals surface area contributed by atoms with Crippen molar-refractivity contribution in [1.82, 2.24) is 9.97 Å². The standard InChI is InChI=1S/C52H33N3O2/c1-2-8-34(9-3-1)35-16-18-36(19-17-35)37-20-26-40(27-21-37)55(41-28-22-38(23-29-41)43-10-4-12-45-46-14-6-33-54-52(46)57-50(43)45)42-30-24-39(25-31-42)44-11-5-13-47-49-48(56-51(44)47)15-7-32-53-49/h1-33H. The summed E-state index contributed by atoms with van der Waals surface area (Å²) in [6.45, 7) is 0. The Bertz CT molecular complexity index is 3040. The maximum absolute atomic E-state index is 6.34. The molecule has 0 aliphatic carbocycles. The summed E-state index contributed by atoms with van der Waals surface area (Å²) in [7, 11) is 0. The molecule has 4 heterocycles. The number of furan rings is 2. The Balaban J connectivity index is 0.972. The number of hydrogen-bond acceptors (Lipinski definition) is 5. The molecule has 4 aromatic heterocycles. The van der Waals surface area contributed by atoms with E-state index < -0.39 is 0 Å². The number of hydrogen-bond donors (Lipinski definition) is 0. The Kier molecular flexibility index (Phi) is 7.74. The van der Waals surface area contributed by atoms with Crippen molar-refractivity contribution in [3.63, 3.8) is 0 Å². The molecule has 0 bridgehead atoms. The third-order valence-corrected chi connectivity index (χ3v) is 10.9. The lowest BCUT2D eigenvalue weighted by molar-refractivity contribution is 0.655. The van der Waals surface area contributed by atoms with E-state index in [4.69, 9.17) is 8.83 Å². The molecule has 7 aromatic carbocycles. The van der Waals surface area contributed by atoms with Crippen LogP contribution < -0.4 is 4.90 Å². The van der Waals surface area contributed by atoms with Gasteiger partial charge in [0.2, 0.25) is 5.71 Å². The monoisotopic (exact) mass is 731 g/mol. The molecular weight excluding hydrogens is 699 g/mol. The van der Waals surface area contributed by atoms with Gasteiger partial charge in [-0.2, -0.15) is 0 Å². The number of anilines is 3. The van der Waals surface area contributed by atoms with Gasteiger partial charge in [0.25, 0.3) is 0 Å². The minimum absolute atomic E-state index is 0.648. The maximum Gasteiger partial charge on any atom is 0.227 e. The normalized spacial score (nSPS) is 11.5. The van der Waals surface area contributed by atoms with Gasteiger partial charge in [-0.05, 0) is 100 Å². The molecule has 0 radical (unpaired) electrons. The van der Waals surface area contributed by atoms with E-state index >= 15 is 0 Å². The fraction of sp³-hybridized carbons (Fsp3) is 0. The second-order valence-electron chi connectivity index (χ2n) is 14.2. The van der Waals surface area contributed by atoms with Crippen LogP contribution in [0.5, 0.6) is 0 Å². The molecule has 0 unspecified atom stereocenters. The molecule has 57 heavy (non-hydrogen) atoms. The molecule has 11 rings (SSSR count). The topological polar surface area (TPSA) is 55.3 Å². The van der Waals surface area contributed by atoms with Gasteiger partial charge in [0.05, 0.1) is 0 Å². The molecule has 5 nitrogen and oxygen atoms in total. The SMILES string of the molecule is c1ccc(-c2ccc(-c3ccc(N(c4ccc(-c5cccc6c5oc5ncccc56)cc4)c4ccc(-c5cccc6c5oc5cccnc56)cc4)cc3)cc2)cc1. The molecule has 11 aromatic rings. The highest BCUT2D eigenvalue weighted by molar-refractivity contribution is 6.09. The van der Waals surface area contributed by atoms with Crippen molar-refractivity contribution >= 4 is 61.2 Å². The number of rotatable bonds is 7. The summed E-state index contributed by atoms with van der Waals surface area (Å²) < 4.78 is 12.6. The molecule has 0 aliphatic rings. The van der Waals surface area contributed by atoms with Crippen molar-refractivity contribution in [2.75, 3.05) is 4.90 Å². The lowest BCUT2D eigenvalue weighted by Crippen LogP contribution is -2.09. The summed E-state index contributed by atoms with van der Waals surface area (Å²) in [5.41, 5.74) is 16.1. The summed E-state index contributed by atoms with van der Waals surface area (Å²) in [5, 5.41) is 3.09. The molecule has 0 aliphatic heterocycles. The van der Waals surface area contributed by atoms with E-state index in [1.165, 1.54) is 16.7 Å². The zero-order valence-corrected chi connectivity index (χ0v) is 30.7. The van der Waals surface area contributed by atoms with Crippen molar-refractivity contribution < 1.29 is 8.83 Å². The quantitative estimate of drug-likeness (QED) is 0.163. The fourth-order valence-electron chi connectivity index (χ4n) is 8.02. The molecule has 0 saturated carbocycles. The molecule has 268 valence electrons. The summed E-state index contributed by atoms with van der Waals surface area (Å²) in [4.78, 5) is 11.4. The fourth-order valence-corrected chi connectivity index (χ4v) is 8.02. The van der Waals surface area contributed by atoms with Crippen molar-refractivity contribution in [3.8, 4) is 44.5 Å². The third kappa shape index (κ3) is 5.72. The second kappa shape index (κ2) is 13.5. The van der Waals surface area contributed by atoms with Crippen LogP contribution in [0, 0.1) is 0 Å². The number of para-hydroxylation sites is 2. The van der Waals surface area contributed by atoms with Crippen molar-refractivity contribution in [1.29, 1.82) is 0 Å². The first-order chi connectivity index (χ1) is 28.2. The molecule has 0 N–H and O–H groups in total. The van der Waals surface area contributed by atoms with Crippen molar-refractivity contribution in [3.05, 3.63) is 200 Å². The number of aromatic nitrogens is 2. The van der Waals surface area contributed by atoms with E-state index in [1.54, 1.807) is 6.20 Å². The molecule has 0 spiro atoms. The van der Waals surface area contributed by atoms with Crippen LogP contribution in [0.1, 0.15) is 0 Å². The summed E-state index contributed by atoms with van der Waals surface area (Å²) in [5.74, 6) is 0. The van der Waals surface area contributed by atoms with Crippen LogP contribution in [0.2, 0.25) is 0 Å². The summed E-state index contributed by atoms with van der Waals surface area (Å²) in [6.07, 6.45) is 3.58. The van der Waals surface area contributed by atoms with Gasteiger partial charge in [0.15, 0.2) is 5.58 Å². The number of benzene rings is 7. The van der Waals surface area contributed by atoms with Gasteiger partial charge in [0, 0.05) is 56.7 Å². The van der Waals surface area contributed by atoms with Gasteiger partial charge < -0.3 is 13.7 Å². The lowest BCUT2D eigenvalue weighted by Gasteiger charge is -2.26. The smallest absolute Gasteiger partial charge is 0.227 e. The van der Waals surface area contributed by atoms with Gasteiger partial charge in [-0.1, -0.05) is 121 Å². The van der Waals surface area contributed by atoms with E-state index in [0.717, 1.165) is 83.3 Å². The van der Waals surface area contributed by atoms with Gasteiger partial charge in [-0.25, -0.2) is 4.98 Å². The summed E-state index contributed by atoms with van der Waals surface area (Å²) >= 11 is 0. The van der Waals surface area contributed by atoms with E-state index in [2.05, 4.69) is 179 Å². The average Bonchev–Trinajstić information content (AvgIpc) is 3.87. The maximum atomic E-state index is 6.34. The summed E-state index contributed by atoms with van der Waals surface area (Å²) in [6, 6.07) is 65.9. The first-order valence-corrected chi connectivity index (χ1v) is 19.0. The minimum atomic E-state index is 0.648. The van der Waals surface area contributed by atoms with Crippen LogP contribution >= 0.6 is 0 Å². The van der Waals surface area contributed by atoms with E-state index in [0.29, 0.717) is 5.71 Å². The Morgan fingerprint density at radius 2 is 0.807 bits per heavy atom. The van der Waals surface area contributed by atoms with Crippen LogP contribution in [0.3, 0.4) is 0 Å². The van der Waals surface area contributed by atoms with Crippen LogP contribution in [0.25, 0.3) is 88.6 Å². The zero-order chi connectivity index (χ0) is 37.7. The highest BCUT2D eigenvalue weighted by Gasteiger charge is 2.18. The largest absolute Gasteiger partial charge is 0.454 e. The predicted molar refractivity (Wildman–Crippen MR) is 233 cm³/mol. The number of nitrogens with zero attached hydrogens (tertiary/aromatic N) is 3. The van der Waals surface area contributed by atoms with Gasteiger partial charge in [0.1, 0.15) is 16.7 Å². The molecule has 5 heteroatoms. The van der Waals surface area contributed by atoms with E-state index in [1.807, 2.05) is 30.5 Å². The van der Waals surface area contributed by atoms with E-state index in [-0.39, 0.29) is 0 Å². The first-order valence-electron chi connectivity index (χ1n) is 19.0. The zero-order valence-electron chi connectivity index (χ0n) is 30.7. The molecule has 0 saturated heterocycles. The van der Waals surface area contributed by atoms with Crippen molar-refractivity contribution in [2.24, 2.45) is 0 Å². The highest BCUT2D eigenvalue weighted by Crippen LogP contribution is 2.41. The Morgan fingerprint density at radius 3 is 1.42 bits per heavy atom. The Morgan fingerprint density at radius 1 is 0.333 bits per heavy atom. The van der Waals surface area contributed by atoms with Crippen LogP contribution in [-0.2, 0) is 0 Å². The molecule has 0 amide bonds. The first kappa shape index (κ1) is 32.7. The molecule has 0 atom stereocenters. The molecular formula is C52H33N3O2. The third-order valence-electron chi connectivity index (χ3n) is 10.9.